The summed E-state index contributed by atoms with van der Waals surface area (Å²) < 4.78 is 26.3. The summed E-state index contributed by atoms with van der Waals surface area (Å²) in [4.78, 5) is 11.0. The van der Waals surface area contributed by atoms with Gasteiger partial charge in [-0.3, -0.25) is 4.79 Å². The second kappa shape index (κ2) is 5.71. The minimum absolute atomic E-state index is 0.0114. The predicted octanol–water partition coefficient (Wildman–Crippen LogP) is 0.693. The van der Waals surface area contributed by atoms with Gasteiger partial charge in [-0.15, -0.1) is 0 Å². The maximum absolute atomic E-state index is 11.9. The zero-order valence-corrected chi connectivity index (χ0v) is 11.7. The fourth-order valence-corrected chi connectivity index (χ4v) is 3.20. The van der Waals surface area contributed by atoms with Crippen molar-refractivity contribution < 1.29 is 13.2 Å². The van der Waals surface area contributed by atoms with Crippen molar-refractivity contribution in [1.29, 1.82) is 0 Å². The minimum atomic E-state index is -3.35. The van der Waals surface area contributed by atoms with E-state index in [0.717, 1.165) is 11.1 Å². The van der Waals surface area contributed by atoms with Gasteiger partial charge in [-0.2, -0.15) is 0 Å². The number of rotatable bonds is 5. The van der Waals surface area contributed by atoms with Crippen molar-refractivity contribution in [2.45, 2.75) is 31.6 Å². The van der Waals surface area contributed by atoms with Crippen LogP contribution in [-0.2, 0) is 20.6 Å². The van der Waals surface area contributed by atoms with Gasteiger partial charge >= 0.3 is 0 Å². The first-order valence-electron chi connectivity index (χ1n) is 6.27. The summed E-state index contributed by atoms with van der Waals surface area (Å²) in [5.41, 5.74) is 1.86. The Morgan fingerprint density at radius 3 is 2.58 bits per heavy atom. The van der Waals surface area contributed by atoms with Gasteiger partial charge in [-0.05, 0) is 18.9 Å². The molecule has 0 aliphatic carbocycles. The van der Waals surface area contributed by atoms with Gasteiger partial charge in [-0.25, -0.2) is 13.1 Å². The highest BCUT2D eigenvalue weighted by atomic mass is 32.2. The van der Waals surface area contributed by atoms with Crippen molar-refractivity contribution in [2.24, 2.45) is 0 Å². The van der Waals surface area contributed by atoms with Crippen LogP contribution in [0.15, 0.2) is 24.3 Å². The molecule has 0 spiro atoms. The molecular formula is C13H18N2O3S. The van der Waals surface area contributed by atoms with Crippen LogP contribution in [0.2, 0.25) is 0 Å². The van der Waals surface area contributed by atoms with Crippen molar-refractivity contribution in [3.8, 4) is 0 Å². The fourth-order valence-electron chi connectivity index (χ4n) is 2.01. The number of carbonyl (C=O) groups excluding carboxylic acids is 1. The summed E-state index contributed by atoms with van der Waals surface area (Å²) in [6, 6.07) is 7.32. The monoisotopic (exact) mass is 282 g/mol. The lowest BCUT2D eigenvalue weighted by Crippen LogP contribution is -2.38. The Labute approximate surface area is 113 Å². The van der Waals surface area contributed by atoms with Crippen LogP contribution in [0.1, 0.15) is 24.0 Å². The molecule has 0 radical (unpaired) electrons. The van der Waals surface area contributed by atoms with E-state index in [9.17, 15) is 13.2 Å². The lowest BCUT2D eigenvalue weighted by molar-refractivity contribution is -0.119. The largest absolute Gasteiger partial charge is 0.352 e. The van der Waals surface area contributed by atoms with Gasteiger partial charge in [0.1, 0.15) is 0 Å². The Bertz CT molecular complexity index is 552. The predicted molar refractivity (Wildman–Crippen MR) is 73.0 cm³/mol. The molecule has 0 saturated carbocycles. The minimum Gasteiger partial charge on any atom is -0.352 e. The molecule has 6 heteroatoms. The molecule has 5 nitrogen and oxygen atoms in total. The molecule has 1 unspecified atom stereocenters. The van der Waals surface area contributed by atoms with E-state index in [0.29, 0.717) is 12.8 Å². The van der Waals surface area contributed by atoms with E-state index in [-0.39, 0.29) is 24.2 Å². The lowest BCUT2D eigenvalue weighted by Gasteiger charge is -2.12. The molecule has 1 atom stereocenters. The van der Waals surface area contributed by atoms with E-state index < -0.39 is 10.0 Å². The summed E-state index contributed by atoms with van der Waals surface area (Å²) in [6.45, 7) is 2.22. The summed E-state index contributed by atoms with van der Waals surface area (Å²) in [6.07, 6.45) is 1.16. The van der Waals surface area contributed by atoms with Crippen LogP contribution < -0.4 is 10.0 Å². The van der Waals surface area contributed by atoms with Crippen molar-refractivity contribution in [2.75, 3.05) is 6.54 Å². The van der Waals surface area contributed by atoms with Gasteiger partial charge in [0.2, 0.25) is 15.9 Å². The Morgan fingerprint density at radius 2 is 2.00 bits per heavy atom. The first-order valence-corrected chi connectivity index (χ1v) is 7.92. The average molecular weight is 282 g/mol. The van der Waals surface area contributed by atoms with Crippen LogP contribution in [0.3, 0.4) is 0 Å². The van der Waals surface area contributed by atoms with Crippen molar-refractivity contribution in [1.82, 2.24) is 10.0 Å². The quantitative estimate of drug-likeness (QED) is 0.834. The van der Waals surface area contributed by atoms with Crippen LogP contribution in [0, 0.1) is 6.92 Å². The number of hydrogen-bond donors (Lipinski definition) is 2. The van der Waals surface area contributed by atoms with E-state index in [1.807, 2.05) is 31.2 Å². The van der Waals surface area contributed by atoms with Crippen molar-refractivity contribution in [3.63, 3.8) is 0 Å². The second-order valence-electron chi connectivity index (χ2n) is 4.90. The summed E-state index contributed by atoms with van der Waals surface area (Å²) >= 11 is 0. The molecule has 0 aromatic heterocycles. The Morgan fingerprint density at radius 1 is 1.32 bits per heavy atom. The molecule has 0 bridgehead atoms. The summed E-state index contributed by atoms with van der Waals surface area (Å²) in [7, 11) is -3.35. The maximum atomic E-state index is 11.9. The number of nitrogens with one attached hydrogen (secondary N) is 2. The molecule has 1 amide bonds. The SMILES string of the molecule is Cc1ccc(CS(=O)(=O)NCC2CCC(=O)N2)cc1. The lowest BCUT2D eigenvalue weighted by atomic mass is 10.2. The van der Waals surface area contributed by atoms with Crippen molar-refractivity contribution in [3.05, 3.63) is 35.4 Å². The Hall–Kier alpha value is -1.40. The molecular weight excluding hydrogens is 264 g/mol. The molecule has 1 aromatic carbocycles. The third-order valence-corrected chi connectivity index (χ3v) is 4.43. The highest BCUT2D eigenvalue weighted by Gasteiger charge is 2.22. The van der Waals surface area contributed by atoms with Gasteiger partial charge in [0, 0.05) is 19.0 Å². The Balaban J connectivity index is 1.88. The van der Waals surface area contributed by atoms with Crippen molar-refractivity contribution >= 4 is 15.9 Å². The molecule has 1 heterocycles. The molecule has 104 valence electrons. The van der Waals surface area contributed by atoms with Crippen LogP contribution in [0.4, 0.5) is 0 Å². The van der Waals surface area contributed by atoms with Crippen LogP contribution in [0.25, 0.3) is 0 Å². The number of carbonyl (C=O) groups is 1. The van der Waals surface area contributed by atoms with Gasteiger partial charge in [0.15, 0.2) is 0 Å². The normalized spacial score (nSPS) is 19.4. The molecule has 1 saturated heterocycles. The molecule has 19 heavy (non-hydrogen) atoms. The topological polar surface area (TPSA) is 75.3 Å². The van der Waals surface area contributed by atoms with E-state index in [4.69, 9.17) is 0 Å². The standard InChI is InChI=1S/C13H18N2O3S/c1-10-2-4-11(5-3-10)9-19(17,18)14-8-12-6-7-13(16)15-12/h2-5,12,14H,6-9H2,1H3,(H,15,16). The van der Waals surface area contributed by atoms with Gasteiger partial charge < -0.3 is 5.32 Å². The number of aryl methyl sites for hydroxylation is 1. The first-order chi connectivity index (χ1) is 8.94. The molecule has 1 fully saturated rings. The first kappa shape index (κ1) is 14.0. The average Bonchev–Trinajstić information content (AvgIpc) is 2.76. The molecule has 1 aromatic rings. The number of sulfonamides is 1. The summed E-state index contributed by atoms with van der Waals surface area (Å²) in [5, 5.41) is 2.73. The van der Waals surface area contributed by atoms with E-state index >= 15 is 0 Å². The van der Waals surface area contributed by atoms with E-state index in [2.05, 4.69) is 10.0 Å². The third-order valence-electron chi connectivity index (χ3n) is 3.11. The Kier molecular flexibility index (Phi) is 4.21. The van der Waals surface area contributed by atoms with Crippen LogP contribution >= 0.6 is 0 Å². The molecule has 1 aliphatic rings. The van der Waals surface area contributed by atoms with E-state index in [1.165, 1.54) is 0 Å². The van der Waals surface area contributed by atoms with Gasteiger partial charge in [-0.1, -0.05) is 29.8 Å². The fraction of sp³-hybridized carbons (Fsp3) is 0.462. The number of amides is 1. The van der Waals surface area contributed by atoms with Crippen LogP contribution in [-0.4, -0.2) is 26.9 Å². The van der Waals surface area contributed by atoms with E-state index in [1.54, 1.807) is 0 Å². The number of benzene rings is 1. The van der Waals surface area contributed by atoms with Gasteiger partial charge in [0.25, 0.3) is 0 Å². The zero-order valence-electron chi connectivity index (χ0n) is 10.8. The highest BCUT2D eigenvalue weighted by molar-refractivity contribution is 7.88. The second-order valence-corrected chi connectivity index (χ2v) is 6.70. The maximum Gasteiger partial charge on any atom is 0.220 e. The smallest absolute Gasteiger partial charge is 0.220 e. The highest BCUT2D eigenvalue weighted by Crippen LogP contribution is 2.09. The molecule has 2 rings (SSSR count). The van der Waals surface area contributed by atoms with Crippen LogP contribution in [0.5, 0.6) is 0 Å². The van der Waals surface area contributed by atoms with Gasteiger partial charge in [0.05, 0.1) is 5.75 Å². The zero-order chi connectivity index (χ0) is 13.9. The summed E-state index contributed by atoms with van der Waals surface area (Å²) in [5.74, 6) is -0.0451. The number of hydrogen-bond acceptors (Lipinski definition) is 3. The third kappa shape index (κ3) is 4.33. The molecule has 2 N–H and O–H groups in total. The molecule has 1 aliphatic heterocycles.